The van der Waals surface area contributed by atoms with Crippen LogP contribution in [0.3, 0.4) is 0 Å². The van der Waals surface area contributed by atoms with Gasteiger partial charge in [-0.05, 0) is 56.5 Å². The Morgan fingerprint density at radius 3 is 2.95 bits per heavy atom. The Hall–Kier alpha value is -1.52. The van der Waals surface area contributed by atoms with Crippen molar-refractivity contribution in [3.8, 4) is 0 Å². The van der Waals surface area contributed by atoms with Gasteiger partial charge < -0.3 is 13.9 Å². The molecule has 2 unspecified atom stereocenters. The number of hydrogen-bond acceptors (Lipinski definition) is 4. The van der Waals surface area contributed by atoms with Gasteiger partial charge in [-0.1, -0.05) is 0 Å². The maximum Gasteiger partial charge on any atom is 0.132 e. The second-order valence-electron chi connectivity index (χ2n) is 5.56. The van der Waals surface area contributed by atoms with E-state index >= 15 is 0 Å². The first-order valence-corrected chi connectivity index (χ1v) is 7.22. The number of nitrogens with zero attached hydrogens (tertiary/aromatic N) is 1. The lowest BCUT2D eigenvalue weighted by Gasteiger charge is -2.25. The van der Waals surface area contributed by atoms with Crippen molar-refractivity contribution in [2.45, 2.75) is 44.9 Å². The summed E-state index contributed by atoms with van der Waals surface area (Å²) in [6, 6.07) is 6.04. The van der Waals surface area contributed by atoms with Gasteiger partial charge in [-0.25, -0.2) is 0 Å². The molecule has 20 heavy (non-hydrogen) atoms. The fourth-order valence-corrected chi connectivity index (χ4v) is 2.98. The summed E-state index contributed by atoms with van der Waals surface area (Å²) in [5.41, 5.74) is 1.20. The molecular formula is C16H21NO3. The van der Waals surface area contributed by atoms with Crippen molar-refractivity contribution in [3.05, 3.63) is 47.8 Å². The molecule has 4 nitrogen and oxygen atoms in total. The predicted octanol–water partition coefficient (Wildman–Crippen LogP) is 3.27. The molecule has 1 aliphatic rings. The minimum Gasteiger partial charge on any atom is -0.468 e. The molecule has 0 aromatic carbocycles. The predicted molar refractivity (Wildman–Crippen MR) is 75.2 cm³/mol. The Labute approximate surface area is 119 Å². The maximum absolute atomic E-state index is 10.2. The van der Waals surface area contributed by atoms with Crippen LogP contribution in [0, 0.1) is 6.92 Å². The molecule has 0 spiro atoms. The van der Waals surface area contributed by atoms with Crippen LogP contribution in [0.15, 0.2) is 39.6 Å². The van der Waals surface area contributed by atoms with Crippen LogP contribution in [0.2, 0.25) is 0 Å². The van der Waals surface area contributed by atoms with Gasteiger partial charge in [0.15, 0.2) is 0 Å². The van der Waals surface area contributed by atoms with Crippen LogP contribution in [0.5, 0.6) is 0 Å². The van der Waals surface area contributed by atoms with E-state index in [0.717, 1.165) is 25.3 Å². The smallest absolute Gasteiger partial charge is 0.132 e. The van der Waals surface area contributed by atoms with Gasteiger partial charge in [-0.15, -0.1) is 0 Å². The Bertz CT molecular complexity index is 532. The van der Waals surface area contributed by atoms with Crippen molar-refractivity contribution < 1.29 is 13.9 Å². The van der Waals surface area contributed by atoms with E-state index in [1.165, 1.54) is 12.0 Å². The number of aliphatic hydroxyl groups excluding tert-OH is 1. The fourth-order valence-electron chi connectivity index (χ4n) is 2.98. The van der Waals surface area contributed by atoms with Crippen molar-refractivity contribution >= 4 is 0 Å². The van der Waals surface area contributed by atoms with Gasteiger partial charge in [0.05, 0.1) is 19.1 Å². The van der Waals surface area contributed by atoms with Crippen LogP contribution in [-0.4, -0.2) is 22.6 Å². The molecule has 1 saturated heterocycles. The highest BCUT2D eigenvalue weighted by molar-refractivity contribution is 5.14. The first-order valence-electron chi connectivity index (χ1n) is 7.22. The van der Waals surface area contributed by atoms with Crippen LogP contribution in [0.4, 0.5) is 0 Å². The summed E-state index contributed by atoms with van der Waals surface area (Å²) in [5, 5.41) is 10.2. The van der Waals surface area contributed by atoms with Crippen molar-refractivity contribution in [2.75, 3.05) is 6.54 Å². The summed E-state index contributed by atoms with van der Waals surface area (Å²) in [6.07, 6.45) is 5.85. The van der Waals surface area contributed by atoms with E-state index in [2.05, 4.69) is 11.8 Å². The number of hydrogen-bond donors (Lipinski definition) is 1. The van der Waals surface area contributed by atoms with E-state index in [4.69, 9.17) is 8.83 Å². The Morgan fingerprint density at radius 1 is 1.35 bits per heavy atom. The van der Waals surface area contributed by atoms with Crippen LogP contribution in [-0.2, 0) is 6.54 Å². The number of aryl methyl sites for hydroxylation is 1. The minimum atomic E-state index is -0.520. The van der Waals surface area contributed by atoms with E-state index in [9.17, 15) is 5.11 Å². The van der Waals surface area contributed by atoms with E-state index in [1.807, 2.05) is 18.2 Å². The van der Waals surface area contributed by atoms with E-state index in [1.54, 1.807) is 12.5 Å². The zero-order valence-electron chi connectivity index (χ0n) is 11.8. The second kappa shape index (κ2) is 5.85. The molecule has 0 bridgehead atoms. The van der Waals surface area contributed by atoms with Crippen LogP contribution in [0.1, 0.15) is 42.5 Å². The molecule has 1 N–H and O–H groups in total. The highest BCUT2D eigenvalue weighted by Crippen LogP contribution is 2.29. The molecule has 1 aliphatic heterocycles. The molecule has 0 radical (unpaired) electrons. The van der Waals surface area contributed by atoms with Gasteiger partial charge in [0.2, 0.25) is 0 Å². The van der Waals surface area contributed by atoms with Gasteiger partial charge in [-0.2, -0.15) is 0 Å². The van der Waals surface area contributed by atoms with Crippen molar-refractivity contribution in [2.24, 2.45) is 0 Å². The summed E-state index contributed by atoms with van der Waals surface area (Å²) in [6.45, 7) is 3.96. The largest absolute Gasteiger partial charge is 0.468 e. The SMILES string of the molecule is Cc1ccoc1CN1CCCC1CC(O)c1ccco1. The molecule has 2 atom stereocenters. The molecule has 3 rings (SSSR count). The Kier molecular flexibility index (Phi) is 3.94. The monoisotopic (exact) mass is 275 g/mol. The summed E-state index contributed by atoms with van der Waals surface area (Å²) in [5.74, 6) is 1.69. The fraction of sp³-hybridized carbons (Fsp3) is 0.500. The highest BCUT2D eigenvalue weighted by Gasteiger charge is 2.28. The summed E-state index contributed by atoms with van der Waals surface area (Å²) in [4.78, 5) is 2.40. The number of aliphatic hydroxyl groups is 1. The lowest BCUT2D eigenvalue weighted by Crippen LogP contribution is -2.30. The number of furan rings is 2. The molecule has 1 fully saturated rings. The van der Waals surface area contributed by atoms with E-state index in [0.29, 0.717) is 18.2 Å². The maximum atomic E-state index is 10.2. The van der Waals surface area contributed by atoms with E-state index in [-0.39, 0.29) is 0 Å². The average Bonchev–Trinajstić information content (AvgIpc) is 3.14. The third kappa shape index (κ3) is 2.81. The topological polar surface area (TPSA) is 49.8 Å². The lowest BCUT2D eigenvalue weighted by atomic mass is 10.0. The third-order valence-corrected chi connectivity index (χ3v) is 4.18. The first kappa shape index (κ1) is 13.5. The molecule has 2 aromatic rings. The van der Waals surface area contributed by atoms with Gasteiger partial charge >= 0.3 is 0 Å². The normalized spacial score (nSPS) is 21.4. The molecule has 0 aliphatic carbocycles. The molecule has 0 amide bonds. The summed E-state index contributed by atoms with van der Waals surface area (Å²) >= 11 is 0. The Balaban J connectivity index is 1.62. The first-order chi connectivity index (χ1) is 9.74. The van der Waals surface area contributed by atoms with Crippen molar-refractivity contribution in [1.82, 2.24) is 4.90 Å². The number of likely N-dealkylation sites (tertiary alicyclic amines) is 1. The lowest BCUT2D eigenvalue weighted by molar-refractivity contribution is 0.0970. The minimum absolute atomic E-state index is 0.389. The zero-order chi connectivity index (χ0) is 13.9. The summed E-state index contributed by atoms with van der Waals surface area (Å²) < 4.78 is 10.8. The molecule has 0 saturated carbocycles. The van der Waals surface area contributed by atoms with Crippen molar-refractivity contribution in [1.29, 1.82) is 0 Å². The summed E-state index contributed by atoms with van der Waals surface area (Å²) in [7, 11) is 0. The van der Waals surface area contributed by atoms with Crippen LogP contribution >= 0.6 is 0 Å². The molecular weight excluding hydrogens is 254 g/mol. The Morgan fingerprint density at radius 2 is 2.25 bits per heavy atom. The van der Waals surface area contributed by atoms with Gasteiger partial charge in [-0.3, -0.25) is 4.90 Å². The van der Waals surface area contributed by atoms with Crippen molar-refractivity contribution in [3.63, 3.8) is 0 Å². The van der Waals surface area contributed by atoms with Crippen LogP contribution in [0.25, 0.3) is 0 Å². The number of rotatable bonds is 5. The second-order valence-corrected chi connectivity index (χ2v) is 5.56. The molecule has 108 valence electrons. The van der Waals surface area contributed by atoms with E-state index < -0.39 is 6.10 Å². The quantitative estimate of drug-likeness (QED) is 0.910. The van der Waals surface area contributed by atoms with Gasteiger partial charge in [0.25, 0.3) is 0 Å². The standard InChI is InChI=1S/C16H21NO3/c1-12-6-9-20-16(12)11-17-7-2-4-13(17)10-14(18)15-5-3-8-19-15/h3,5-6,8-9,13-14,18H,2,4,7,10-11H2,1H3. The zero-order valence-corrected chi connectivity index (χ0v) is 11.8. The average molecular weight is 275 g/mol. The molecule has 3 heterocycles. The van der Waals surface area contributed by atoms with Crippen LogP contribution < -0.4 is 0 Å². The van der Waals surface area contributed by atoms with Gasteiger partial charge in [0, 0.05) is 6.04 Å². The molecule has 4 heteroatoms. The third-order valence-electron chi connectivity index (χ3n) is 4.18. The highest BCUT2D eigenvalue weighted by atomic mass is 16.4. The van der Waals surface area contributed by atoms with Gasteiger partial charge in [0.1, 0.15) is 17.6 Å². The molecule has 2 aromatic heterocycles.